The lowest BCUT2D eigenvalue weighted by Gasteiger charge is -2.29. The number of amides is 2. The largest absolute Gasteiger partial charge is 0.479 e. The molecule has 0 aromatic rings. The second-order valence-electron chi connectivity index (χ2n) is 3.47. The zero-order chi connectivity index (χ0) is 12.8. The van der Waals surface area contributed by atoms with E-state index in [0.29, 0.717) is 6.54 Å². The molecule has 1 aliphatic rings. The molecular formula is C9H13N3O5. The van der Waals surface area contributed by atoms with Crippen molar-refractivity contribution in [2.75, 3.05) is 26.2 Å². The van der Waals surface area contributed by atoms with Crippen LogP contribution in [0.15, 0.2) is 0 Å². The van der Waals surface area contributed by atoms with E-state index >= 15 is 0 Å². The zero-order valence-electron chi connectivity index (χ0n) is 9.00. The second kappa shape index (κ2) is 6.03. The predicted molar refractivity (Wildman–Crippen MR) is 54.0 cm³/mol. The predicted octanol–water partition coefficient (Wildman–Crippen LogP) is -1.63. The molecule has 1 aliphatic heterocycles. The number of carboxylic acids is 1. The third-order valence-corrected chi connectivity index (χ3v) is 2.23. The van der Waals surface area contributed by atoms with Crippen LogP contribution in [-0.2, 0) is 9.53 Å². The number of rotatable bonds is 3. The van der Waals surface area contributed by atoms with Gasteiger partial charge in [0.1, 0.15) is 0 Å². The van der Waals surface area contributed by atoms with E-state index in [-0.39, 0.29) is 19.7 Å². The summed E-state index contributed by atoms with van der Waals surface area (Å²) in [5.74, 6) is -1.40. The molecule has 2 amide bonds. The van der Waals surface area contributed by atoms with Gasteiger partial charge in [0, 0.05) is 6.54 Å². The maximum atomic E-state index is 11.5. The normalized spacial score (nSPS) is 21.4. The molecule has 1 rings (SSSR count). The molecule has 0 aromatic carbocycles. The maximum Gasteiger partial charge on any atom is 0.334 e. The fourth-order valence-electron chi connectivity index (χ4n) is 1.29. The van der Waals surface area contributed by atoms with Crippen molar-refractivity contribution in [3.05, 3.63) is 0 Å². The van der Waals surface area contributed by atoms with Gasteiger partial charge in [0.2, 0.25) is 0 Å². The molecule has 1 saturated heterocycles. The molecule has 17 heavy (non-hydrogen) atoms. The van der Waals surface area contributed by atoms with Crippen molar-refractivity contribution in [3.8, 4) is 6.07 Å². The summed E-state index contributed by atoms with van der Waals surface area (Å²) in [5, 5.41) is 28.3. The van der Waals surface area contributed by atoms with Crippen molar-refractivity contribution in [1.82, 2.24) is 10.2 Å². The molecule has 2 atom stereocenters. The number of nitrogens with zero attached hydrogens (tertiary/aromatic N) is 2. The molecule has 3 N–H and O–H groups in total. The third kappa shape index (κ3) is 3.90. The smallest absolute Gasteiger partial charge is 0.334 e. The Labute approximate surface area is 97.4 Å². The van der Waals surface area contributed by atoms with Gasteiger partial charge in [-0.15, -0.1) is 0 Å². The number of nitrogens with one attached hydrogen (secondary N) is 1. The summed E-state index contributed by atoms with van der Waals surface area (Å²) in [6.07, 6.45) is -2.30. The number of nitriles is 1. The monoisotopic (exact) mass is 243 g/mol. The molecule has 0 radical (unpaired) electrons. The first-order chi connectivity index (χ1) is 8.04. The summed E-state index contributed by atoms with van der Waals surface area (Å²) in [4.78, 5) is 23.2. The highest BCUT2D eigenvalue weighted by atomic mass is 16.5. The molecule has 8 nitrogen and oxygen atoms in total. The van der Waals surface area contributed by atoms with E-state index in [0.717, 1.165) is 0 Å². The van der Waals surface area contributed by atoms with Gasteiger partial charge in [0.05, 0.1) is 25.8 Å². The fraction of sp³-hybridized carbons (Fsp3) is 0.667. The van der Waals surface area contributed by atoms with Gasteiger partial charge in [0.15, 0.2) is 12.2 Å². The Morgan fingerprint density at radius 2 is 2.35 bits per heavy atom. The summed E-state index contributed by atoms with van der Waals surface area (Å²) >= 11 is 0. The van der Waals surface area contributed by atoms with Gasteiger partial charge in [-0.1, -0.05) is 0 Å². The lowest BCUT2D eigenvalue weighted by atomic mass is 10.3. The maximum absolute atomic E-state index is 11.5. The van der Waals surface area contributed by atoms with Crippen LogP contribution < -0.4 is 5.32 Å². The van der Waals surface area contributed by atoms with E-state index in [2.05, 4.69) is 5.32 Å². The van der Waals surface area contributed by atoms with E-state index in [1.807, 2.05) is 6.07 Å². The molecule has 1 heterocycles. The molecule has 8 heteroatoms. The van der Waals surface area contributed by atoms with Crippen molar-refractivity contribution in [3.63, 3.8) is 0 Å². The molecule has 0 aromatic heterocycles. The van der Waals surface area contributed by atoms with Gasteiger partial charge >= 0.3 is 12.0 Å². The van der Waals surface area contributed by atoms with Gasteiger partial charge < -0.3 is 25.2 Å². The van der Waals surface area contributed by atoms with E-state index in [1.54, 1.807) is 0 Å². The van der Waals surface area contributed by atoms with Crippen molar-refractivity contribution < 1.29 is 24.5 Å². The van der Waals surface area contributed by atoms with Gasteiger partial charge in [-0.25, -0.2) is 9.59 Å². The standard InChI is InChI=1S/C9H13N3O5/c10-3-6-5-12(1-2-17-6)9(16)11-4-7(13)8(14)15/h6-7,13H,1-2,4-5H2,(H,11,16)(H,14,15). The quantitative estimate of drug-likeness (QED) is 0.546. The van der Waals surface area contributed by atoms with Crippen molar-refractivity contribution in [1.29, 1.82) is 5.26 Å². The second-order valence-corrected chi connectivity index (χ2v) is 3.47. The molecule has 0 spiro atoms. The van der Waals surface area contributed by atoms with Gasteiger partial charge in [-0.2, -0.15) is 5.26 Å². The average molecular weight is 243 g/mol. The summed E-state index contributed by atoms with van der Waals surface area (Å²) in [6, 6.07) is 1.36. The number of aliphatic hydroxyl groups is 1. The number of carbonyl (C=O) groups is 2. The number of carboxylic acid groups (broad SMARTS) is 1. The van der Waals surface area contributed by atoms with Crippen molar-refractivity contribution >= 4 is 12.0 Å². The van der Waals surface area contributed by atoms with Gasteiger partial charge in [-0.3, -0.25) is 0 Å². The van der Waals surface area contributed by atoms with Crippen LogP contribution in [0.5, 0.6) is 0 Å². The highest BCUT2D eigenvalue weighted by Gasteiger charge is 2.24. The Bertz CT molecular complexity index is 340. The van der Waals surface area contributed by atoms with Crippen LogP contribution in [0.2, 0.25) is 0 Å². The van der Waals surface area contributed by atoms with Crippen LogP contribution in [-0.4, -0.2) is 65.6 Å². The van der Waals surface area contributed by atoms with Crippen molar-refractivity contribution in [2.24, 2.45) is 0 Å². The number of ether oxygens (including phenoxy) is 1. The molecule has 0 bridgehead atoms. The molecule has 1 fully saturated rings. The van der Waals surface area contributed by atoms with Crippen LogP contribution >= 0.6 is 0 Å². The number of carbonyl (C=O) groups excluding carboxylic acids is 1. The Balaban J connectivity index is 2.37. The highest BCUT2D eigenvalue weighted by Crippen LogP contribution is 2.04. The highest BCUT2D eigenvalue weighted by molar-refractivity contribution is 5.76. The van der Waals surface area contributed by atoms with E-state index < -0.39 is 24.2 Å². The Kier molecular flexibility index (Phi) is 4.68. The SMILES string of the molecule is N#CC1CN(C(=O)NCC(O)C(=O)O)CCO1. The molecule has 0 saturated carbocycles. The summed E-state index contributed by atoms with van der Waals surface area (Å²) in [7, 11) is 0. The van der Waals surface area contributed by atoms with E-state index in [9.17, 15) is 9.59 Å². The number of aliphatic hydroxyl groups excluding tert-OH is 1. The fourth-order valence-corrected chi connectivity index (χ4v) is 1.29. The molecule has 94 valence electrons. The van der Waals surface area contributed by atoms with E-state index in [1.165, 1.54) is 4.90 Å². The van der Waals surface area contributed by atoms with Crippen LogP contribution in [0.25, 0.3) is 0 Å². The first-order valence-electron chi connectivity index (χ1n) is 4.99. The topological polar surface area (TPSA) is 123 Å². The number of hydrogen-bond donors (Lipinski definition) is 3. The number of hydrogen-bond acceptors (Lipinski definition) is 5. The first kappa shape index (κ1) is 13.2. The molecular weight excluding hydrogens is 230 g/mol. The van der Waals surface area contributed by atoms with Crippen LogP contribution in [0.3, 0.4) is 0 Å². The lowest BCUT2D eigenvalue weighted by Crippen LogP contribution is -2.51. The number of urea groups is 1. The summed E-state index contributed by atoms with van der Waals surface area (Å²) in [6.45, 7) is 0.342. The number of aliphatic carboxylic acids is 1. The van der Waals surface area contributed by atoms with Crippen molar-refractivity contribution in [2.45, 2.75) is 12.2 Å². The zero-order valence-corrected chi connectivity index (χ0v) is 9.00. The average Bonchev–Trinajstić information content (AvgIpc) is 2.35. The first-order valence-corrected chi connectivity index (χ1v) is 4.99. The molecule has 2 unspecified atom stereocenters. The summed E-state index contributed by atoms with van der Waals surface area (Å²) in [5.41, 5.74) is 0. The Hall–Kier alpha value is -1.85. The van der Waals surface area contributed by atoms with E-state index in [4.69, 9.17) is 20.2 Å². The minimum absolute atomic E-state index is 0.130. The van der Waals surface area contributed by atoms with Gasteiger partial charge in [-0.05, 0) is 0 Å². The van der Waals surface area contributed by atoms with Crippen LogP contribution in [0.1, 0.15) is 0 Å². The Morgan fingerprint density at radius 1 is 1.65 bits per heavy atom. The minimum atomic E-state index is -1.63. The minimum Gasteiger partial charge on any atom is -0.479 e. The third-order valence-electron chi connectivity index (χ3n) is 2.23. The Morgan fingerprint density at radius 3 is 2.94 bits per heavy atom. The lowest BCUT2D eigenvalue weighted by molar-refractivity contribution is -0.146. The number of morpholine rings is 1. The van der Waals surface area contributed by atoms with Crippen LogP contribution in [0.4, 0.5) is 4.79 Å². The molecule has 0 aliphatic carbocycles. The van der Waals surface area contributed by atoms with Crippen LogP contribution in [0, 0.1) is 11.3 Å². The van der Waals surface area contributed by atoms with Gasteiger partial charge in [0.25, 0.3) is 0 Å². The summed E-state index contributed by atoms with van der Waals surface area (Å²) < 4.78 is 5.05.